The average Bonchev–Trinajstić information content (AvgIpc) is 2.85. The number of nitrogens with zero attached hydrogens (tertiary/aromatic N) is 2. The lowest BCUT2D eigenvalue weighted by molar-refractivity contribution is 0.0893. The fourth-order valence-electron chi connectivity index (χ4n) is 4.31. The molecule has 4 nitrogen and oxygen atoms in total. The summed E-state index contributed by atoms with van der Waals surface area (Å²) in [6.07, 6.45) is 0.549. The molecule has 3 aromatic rings. The normalized spacial score (nSPS) is 15.2. The maximum absolute atomic E-state index is 12.6. The molecule has 0 unspecified atom stereocenters. The van der Waals surface area contributed by atoms with E-state index in [0.29, 0.717) is 6.42 Å². The molecule has 0 amide bonds. The van der Waals surface area contributed by atoms with Crippen molar-refractivity contribution in [3.63, 3.8) is 0 Å². The van der Waals surface area contributed by atoms with Crippen molar-refractivity contribution in [1.29, 1.82) is 0 Å². The monoisotopic (exact) mass is 414 g/mol. The van der Waals surface area contributed by atoms with Crippen molar-refractivity contribution in [2.24, 2.45) is 0 Å². The summed E-state index contributed by atoms with van der Waals surface area (Å²) in [5, 5.41) is 0. The molecule has 1 aliphatic rings. The minimum absolute atomic E-state index is 0.191. The summed E-state index contributed by atoms with van der Waals surface area (Å²) in [6.45, 7) is 4.74. The smallest absolute Gasteiger partial charge is 0.164 e. The van der Waals surface area contributed by atoms with Crippen molar-refractivity contribution in [2.45, 2.75) is 12.5 Å². The Labute approximate surface area is 185 Å². The highest BCUT2D eigenvalue weighted by molar-refractivity contribution is 5.96. The van der Waals surface area contributed by atoms with Crippen LogP contribution in [0.5, 0.6) is 5.75 Å². The fourth-order valence-corrected chi connectivity index (χ4v) is 4.31. The molecule has 0 aromatic heterocycles. The van der Waals surface area contributed by atoms with Crippen molar-refractivity contribution in [2.75, 3.05) is 39.8 Å². The van der Waals surface area contributed by atoms with E-state index in [4.69, 9.17) is 4.74 Å². The molecular weight excluding hydrogens is 384 g/mol. The molecule has 1 saturated heterocycles. The maximum Gasteiger partial charge on any atom is 0.164 e. The number of carbonyl (C=O) groups excluding carboxylic acids is 1. The molecule has 0 bridgehead atoms. The fraction of sp³-hybridized carbons (Fsp3) is 0.296. The van der Waals surface area contributed by atoms with Gasteiger partial charge in [0, 0.05) is 44.7 Å². The molecule has 0 saturated carbocycles. The third kappa shape index (κ3) is 5.40. The third-order valence-electron chi connectivity index (χ3n) is 6.07. The molecule has 160 valence electrons. The molecule has 1 heterocycles. The van der Waals surface area contributed by atoms with Crippen LogP contribution in [0.3, 0.4) is 0 Å². The minimum Gasteiger partial charge on any atom is -0.497 e. The van der Waals surface area contributed by atoms with Crippen LogP contribution >= 0.6 is 0 Å². The van der Waals surface area contributed by atoms with Gasteiger partial charge < -0.3 is 9.64 Å². The lowest BCUT2D eigenvalue weighted by atomic mass is 9.96. The number of Topliss-reactive ketones (excluding diaryl/α,β-unsaturated/α-hetero) is 1. The maximum atomic E-state index is 12.6. The second kappa shape index (κ2) is 10.4. The van der Waals surface area contributed by atoms with Crippen LogP contribution < -0.4 is 4.74 Å². The summed E-state index contributed by atoms with van der Waals surface area (Å²) in [6, 6.07) is 29.2. The Kier molecular flexibility index (Phi) is 7.13. The molecule has 31 heavy (non-hydrogen) atoms. The van der Waals surface area contributed by atoms with Crippen molar-refractivity contribution in [1.82, 2.24) is 9.80 Å². The first-order valence-corrected chi connectivity index (χ1v) is 11.0. The lowest BCUT2D eigenvalue weighted by Gasteiger charge is -2.39. The zero-order valence-corrected chi connectivity index (χ0v) is 18.1. The number of hydrogen-bond acceptors (Lipinski definition) is 4. The van der Waals surface area contributed by atoms with E-state index < -0.39 is 0 Å². The van der Waals surface area contributed by atoms with E-state index in [-0.39, 0.29) is 11.8 Å². The Morgan fingerprint density at radius 1 is 0.806 bits per heavy atom. The van der Waals surface area contributed by atoms with Crippen LogP contribution in [-0.2, 0) is 0 Å². The quantitative estimate of drug-likeness (QED) is 0.501. The Morgan fingerprint density at radius 3 is 1.87 bits per heavy atom. The van der Waals surface area contributed by atoms with Crippen molar-refractivity contribution < 1.29 is 9.53 Å². The van der Waals surface area contributed by atoms with E-state index in [1.165, 1.54) is 11.1 Å². The van der Waals surface area contributed by atoms with Crippen LogP contribution in [0, 0.1) is 0 Å². The van der Waals surface area contributed by atoms with E-state index in [1.807, 2.05) is 24.3 Å². The van der Waals surface area contributed by atoms with Crippen LogP contribution in [0.25, 0.3) is 0 Å². The Balaban J connectivity index is 1.35. The summed E-state index contributed by atoms with van der Waals surface area (Å²) >= 11 is 0. The number of carbonyl (C=O) groups is 1. The highest BCUT2D eigenvalue weighted by atomic mass is 16.5. The molecule has 4 heteroatoms. The van der Waals surface area contributed by atoms with Gasteiger partial charge in [0.2, 0.25) is 0 Å². The largest absolute Gasteiger partial charge is 0.497 e. The number of methoxy groups -OCH3 is 1. The number of benzene rings is 3. The third-order valence-corrected chi connectivity index (χ3v) is 6.07. The SMILES string of the molecule is COc1ccc(C(=O)CCN2CCN(C(c3ccccc3)c3ccccc3)CC2)cc1. The van der Waals surface area contributed by atoms with Crippen LogP contribution in [0.1, 0.15) is 33.9 Å². The summed E-state index contributed by atoms with van der Waals surface area (Å²) in [4.78, 5) is 17.5. The molecule has 4 rings (SSSR count). The second-order valence-corrected chi connectivity index (χ2v) is 8.00. The molecule has 1 aliphatic heterocycles. The highest BCUT2D eigenvalue weighted by Gasteiger charge is 2.26. The predicted octanol–water partition coefficient (Wildman–Crippen LogP) is 4.68. The first-order valence-electron chi connectivity index (χ1n) is 11.0. The van der Waals surface area contributed by atoms with Gasteiger partial charge in [-0.15, -0.1) is 0 Å². The zero-order chi connectivity index (χ0) is 21.5. The van der Waals surface area contributed by atoms with Crippen molar-refractivity contribution in [3.05, 3.63) is 102 Å². The Bertz CT molecular complexity index is 910. The Morgan fingerprint density at radius 2 is 1.35 bits per heavy atom. The first-order chi connectivity index (χ1) is 15.2. The van der Waals surface area contributed by atoms with Gasteiger partial charge in [-0.2, -0.15) is 0 Å². The van der Waals surface area contributed by atoms with Crippen LogP contribution in [0.2, 0.25) is 0 Å². The van der Waals surface area contributed by atoms with Gasteiger partial charge in [-0.3, -0.25) is 9.69 Å². The second-order valence-electron chi connectivity index (χ2n) is 8.00. The number of rotatable bonds is 8. The molecule has 0 radical (unpaired) electrons. The van der Waals surface area contributed by atoms with E-state index in [0.717, 1.165) is 44.0 Å². The summed E-state index contributed by atoms with van der Waals surface area (Å²) < 4.78 is 5.17. The van der Waals surface area contributed by atoms with Gasteiger partial charge in [0.1, 0.15) is 5.75 Å². The summed E-state index contributed by atoms with van der Waals surface area (Å²) in [7, 11) is 1.64. The van der Waals surface area contributed by atoms with E-state index in [2.05, 4.69) is 70.5 Å². The standard InChI is InChI=1S/C27H30N2O2/c1-31-25-14-12-22(13-15-25)26(30)16-17-28-18-20-29(21-19-28)27(23-8-4-2-5-9-23)24-10-6-3-7-11-24/h2-15,27H,16-21H2,1H3. The number of hydrogen-bond donors (Lipinski definition) is 0. The number of piperazine rings is 1. The highest BCUT2D eigenvalue weighted by Crippen LogP contribution is 2.29. The van der Waals surface area contributed by atoms with Gasteiger partial charge in [0.25, 0.3) is 0 Å². The van der Waals surface area contributed by atoms with Crippen LogP contribution in [0.15, 0.2) is 84.9 Å². The van der Waals surface area contributed by atoms with E-state index in [9.17, 15) is 4.79 Å². The van der Waals surface area contributed by atoms with Crippen molar-refractivity contribution in [3.8, 4) is 5.75 Å². The average molecular weight is 415 g/mol. The van der Waals surface area contributed by atoms with Gasteiger partial charge in [-0.05, 0) is 35.4 Å². The van der Waals surface area contributed by atoms with Gasteiger partial charge in [0.05, 0.1) is 13.2 Å². The van der Waals surface area contributed by atoms with Gasteiger partial charge >= 0.3 is 0 Å². The molecule has 0 N–H and O–H groups in total. The molecular formula is C27H30N2O2. The Hall–Kier alpha value is -2.95. The van der Waals surface area contributed by atoms with Crippen molar-refractivity contribution >= 4 is 5.78 Å². The first kappa shape index (κ1) is 21.3. The minimum atomic E-state index is 0.191. The molecule has 0 atom stereocenters. The topological polar surface area (TPSA) is 32.8 Å². The van der Waals surface area contributed by atoms with Gasteiger partial charge in [-0.25, -0.2) is 0 Å². The molecule has 3 aromatic carbocycles. The van der Waals surface area contributed by atoms with Crippen LogP contribution in [-0.4, -0.2) is 55.4 Å². The number of ether oxygens (including phenoxy) is 1. The predicted molar refractivity (Wildman–Crippen MR) is 125 cm³/mol. The lowest BCUT2D eigenvalue weighted by Crippen LogP contribution is -2.48. The summed E-state index contributed by atoms with van der Waals surface area (Å²) in [5.74, 6) is 0.968. The van der Waals surface area contributed by atoms with Gasteiger partial charge in [0.15, 0.2) is 5.78 Å². The zero-order valence-electron chi connectivity index (χ0n) is 18.1. The molecule has 0 aliphatic carbocycles. The van der Waals surface area contributed by atoms with Gasteiger partial charge in [-0.1, -0.05) is 60.7 Å². The number of ketones is 1. The molecule has 1 fully saturated rings. The summed E-state index contributed by atoms with van der Waals surface area (Å²) in [5.41, 5.74) is 3.42. The van der Waals surface area contributed by atoms with E-state index >= 15 is 0 Å². The van der Waals surface area contributed by atoms with Crippen LogP contribution in [0.4, 0.5) is 0 Å². The van der Waals surface area contributed by atoms with E-state index in [1.54, 1.807) is 7.11 Å². The molecule has 0 spiro atoms.